The van der Waals surface area contributed by atoms with Crippen molar-refractivity contribution in [2.24, 2.45) is 0 Å². The van der Waals surface area contributed by atoms with Gasteiger partial charge in [-0.05, 0) is 30.7 Å². The summed E-state index contributed by atoms with van der Waals surface area (Å²) in [7, 11) is 0. The van der Waals surface area contributed by atoms with Crippen LogP contribution in [0.5, 0.6) is 0 Å². The van der Waals surface area contributed by atoms with E-state index in [1.807, 2.05) is 31.2 Å². The average molecular weight is 359 g/mol. The van der Waals surface area contributed by atoms with Gasteiger partial charge in [-0.1, -0.05) is 35.9 Å². The largest absolute Gasteiger partial charge is 0.416 e. The first kappa shape index (κ1) is 17.7. The van der Waals surface area contributed by atoms with Crippen molar-refractivity contribution in [2.45, 2.75) is 19.6 Å². The molecule has 0 saturated heterocycles. The van der Waals surface area contributed by atoms with Crippen molar-refractivity contribution < 1.29 is 13.2 Å². The lowest BCUT2D eigenvalue weighted by Gasteiger charge is -2.10. The second kappa shape index (κ2) is 7.38. The molecule has 3 aromatic rings. The molecule has 0 unspecified atom stereocenters. The first-order valence-electron chi connectivity index (χ1n) is 7.83. The molecule has 0 aliphatic carbocycles. The highest BCUT2D eigenvalue weighted by Gasteiger charge is 2.30. The maximum atomic E-state index is 12.8. The van der Waals surface area contributed by atoms with Crippen molar-refractivity contribution in [2.75, 3.05) is 10.6 Å². The molecule has 0 fully saturated rings. The summed E-state index contributed by atoms with van der Waals surface area (Å²) in [6, 6.07) is 12.8. The SMILES string of the molecule is Cc1ccc(CNc2cnnc(Nc3cccc(C(F)(F)F)c3)n2)cc1. The molecule has 3 rings (SSSR count). The molecule has 134 valence electrons. The molecule has 0 amide bonds. The number of hydrogen-bond donors (Lipinski definition) is 2. The van der Waals surface area contributed by atoms with Gasteiger partial charge in [0.05, 0.1) is 11.8 Å². The van der Waals surface area contributed by atoms with Gasteiger partial charge < -0.3 is 10.6 Å². The van der Waals surface area contributed by atoms with Crippen molar-refractivity contribution in [3.05, 3.63) is 71.4 Å². The smallest absolute Gasteiger partial charge is 0.365 e. The van der Waals surface area contributed by atoms with Crippen LogP contribution in [0.3, 0.4) is 0 Å². The first-order valence-corrected chi connectivity index (χ1v) is 7.83. The number of nitrogens with zero attached hydrogens (tertiary/aromatic N) is 3. The number of rotatable bonds is 5. The van der Waals surface area contributed by atoms with Crippen molar-refractivity contribution in [3.8, 4) is 0 Å². The predicted molar refractivity (Wildman–Crippen MR) is 93.1 cm³/mol. The summed E-state index contributed by atoms with van der Waals surface area (Å²) < 4.78 is 38.3. The monoisotopic (exact) mass is 359 g/mol. The number of nitrogens with one attached hydrogen (secondary N) is 2. The van der Waals surface area contributed by atoms with Gasteiger partial charge >= 0.3 is 6.18 Å². The van der Waals surface area contributed by atoms with Crippen molar-refractivity contribution in [1.82, 2.24) is 15.2 Å². The topological polar surface area (TPSA) is 62.7 Å². The van der Waals surface area contributed by atoms with E-state index in [2.05, 4.69) is 25.8 Å². The van der Waals surface area contributed by atoms with Crippen LogP contribution in [-0.4, -0.2) is 15.2 Å². The number of hydrogen-bond acceptors (Lipinski definition) is 5. The molecular formula is C18H16F3N5. The minimum absolute atomic E-state index is 0.109. The highest BCUT2D eigenvalue weighted by Crippen LogP contribution is 2.31. The van der Waals surface area contributed by atoms with Crippen LogP contribution in [0.2, 0.25) is 0 Å². The van der Waals surface area contributed by atoms with E-state index in [9.17, 15) is 13.2 Å². The predicted octanol–water partition coefficient (Wildman–Crippen LogP) is 4.55. The molecule has 0 atom stereocenters. The summed E-state index contributed by atoms with van der Waals surface area (Å²) in [6.07, 6.45) is -2.96. The van der Waals surface area contributed by atoms with E-state index < -0.39 is 11.7 Å². The number of aromatic nitrogens is 3. The Balaban J connectivity index is 1.68. The summed E-state index contributed by atoms with van der Waals surface area (Å²) in [5.74, 6) is 0.577. The molecule has 1 aromatic heterocycles. The molecule has 0 radical (unpaired) electrons. The van der Waals surface area contributed by atoms with Gasteiger partial charge in [0.1, 0.15) is 0 Å². The Kier molecular flexibility index (Phi) is 5.01. The van der Waals surface area contributed by atoms with Crippen LogP contribution < -0.4 is 10.6 Å². The lowest BCUT2D eigenvalue weighted by Crippen LogP contribution is -2.07. The Morgan fingerprint density at radius 2 is 1.81 bits per heavy atom. The number of benzene rings is 2. The maximum absolute atomic E-state index is 12.8. The molecular weight excluding hydrogens is 343 g/mol. The first-order chi connectivity index (χ1) is 12.4. The van der Waals surface area contributed by atoms with Gasteiger partial charge in [-0.2, -0.15) is 23.3 Å². The fraction of sp³-hybridized carbons (Fsp3) is 0.167. The Bertz CT molecular complexity index is 878. The summed E-state index contributed by atoms with van der Waals surface area (Å²) in [6.45, 7) is 2.55. The van der Waals surface area contributed by atoms with Gasteiger partial charge in [0.15, 0.2) is 5.82 Å². The second-order valence-corrected chi connectivity index (χ2v) is 5.71. The Morgan fingerprint density at radius 3 is 2.54 bits per heavy atom. The van der Waals surface area contributed by atoms with Gasteiger partial charge in [-0.3, -0.25) is 0 Å². The number of alkyl halides is 3. The number of anilines is 3. The second-order valence-electron chi connectivity index (χ2n) is 5.71. The highest BCUT2D eigenvalue weighted by molar-refractivity contribution is 5.55. The molecule has 0 aliphatic heterocycles. The van der Waals surface area contributed by atoms with E-state index in [-0.39, 0.29) is 11.6 Å². The molecule has 0 saturated carbocycles. The van der Waals surface area contributed by atoms with Crippen molar-refractivity contribution >= 4 is 17.5 Å². The van der Waals surface area contributed by atoms with E-state index in [0.29, 0.717) is 12.4 Å². The normalized spacial score (nSPS) is 11.2. The third-order valence-electron chi connectivity index (χ3n) is 3.60. The van der Waals surface area contributed by atoms with E-state index in [1.165, 1.54) is 23.9 Å². The minimum atomic E-state index is -4.41. The molecule has 2 aromatic carbocycles. The summed E-state index contributed by atoms with van der Waals surface area (Å²) in [5.41, 5.74) is 1.73. The van der Waals surface area contributed by atoms with Crippen LogP contribution in [0, 0.1) is 6.92 Å². The Hall–Kier alpha value is -3.16. The Labute approximate surface area is 148 Å². The van der Waals surface area contributed by atoms with E-state index in [4.69, 9.17) is 0 Å². The summed E-state index contributed by atoms with van der Waals surface area (Å²) >= 11 is 0. The van der Waals surface area contributed by atoms with Gasteiger partial charge in [0, 0.05) is 12.2 Å². The molecule has 2 N–H and O–H groups in total. The third-order valence-corrected chi connectivity index (χ3v) is 3.60. The highest BCUT2D eigenvalue weighted by atomic mass is 19.4. The zero-order valence-corrected chi connectivity index (χ0v) is 13.9. The standard InChI is InChI=1S/C18H16F3N5/c1-12-5-7-13(8-6-12)10-22-16-11-23-26-17(25-16)24-15-4-2-3-14(9-15)18(19,20)21/h2-9,11H,10H2,1H3,(H2,22,24,25,26). The van der Waals surface area contributed by atoms with Crippen LogP contribution >= 0.6 is 0 Å². The van der Waals surface area contributed by atoms with Gasteiger partial charge in [0.25, 0.3) is 0 Å². The molecule has 5 nitrogen and oxygen atoms in total. The van der Waals surface area contributed by atoms with Crippen LogP contribution in [0.15, 0.2) is 54.7 Å². The van der Waals surface area contributed by atoms with Gasteiger partial charge in [-0.25, -0.2) is 0 Å². The zero-order chi connectivity index (χ0) is 18.6. The molecule has 26 heavy (non-hydrogen) atoms. The summed E-state index contributed by atoms with van der Waals surface area (Å²) in [5, 5.41) is 13.5. The van der Waals surface area contributed by atoms with Gasteiger partial charge in [-0.15, -0.1) is 5.10 Å². The van der Waals surface area contributed by atoms with Crippen LogP contribution in [0.1, 0.15) is 16.7 Å². The fourth-order valence-electron chi connectivity index (χ4n) is 2.24. The van der Waals surface area contributed by atoms with Crippen LogP contribution in [0.25, 0.3) is 0 Å². The van der Waals surface area contributed by atoms with Crippen molar-refractivity contribution in [3.63, 3.8) is 0 Å². The lowest BCUT2D eigenvalue weighted by molar-refractivity contribution is -0.137. The molecule has 0 spiro atoms. The maximum Gasteiger partial charge on any atom is 0.416 e. The fourth-order valence-corrected chi connectivity index (χ4v) is 2.24. The van der Waals surface area contributed by atoms with Gasteiger partial charge in [0.2, 0.25) is 5.95 Å². The van der Waals surface area contributed by atoms with E-state index in [0.717, 1.165) is 17.7 Å². The van der Waals surface area contributed by atoms with E-state index in [1.54, 1.807) is 0 Å². The average Bonchev–Trinajstić information content (AvgIpc) is 2.61. The molecule has 1 heterocycles. The zero-order valence-electron chi connectivity index (χ0n) is 13.9. The lowest BCUT2D eigenvalue weighted by atomic mass is 10.1. The van der Waals surface area contributed by atoms with Crippen molar-refractivity contribution in [1.29, 1.82) is 0 Å². The third kappa shape index (κ3) is 4.69. The number of halogens is 3. The van der Waals surface area contributed by atoms with Crippen LogP contribution in [-0.2, 0) is 12.7 Å². The molecule has 0 bridgehead atoms. The minimum Gasteiger partial charge on any atom is -0.365 e. The van der Waals surface area contributed by atoms with Crippen LogP contribution in [0.4, 0.5) is 30.6 Å². The Morgan fingerprint density at radius 1 is 1.04 bits per heavy atom. The summed E-state index contributed by atoms with van der Waals surface area (Å²) in [4.78, 5) is 4.22. The number of aryl methyl sites for hydroxylation is 1. The molecule has 8 heteroatoms. The van der Waals surface area contributed by atoms with E-state index >= 15 is 0 Å². The quantitative estimate of drug-likeness (QED) is 0.699. The molecule has 0 aliphatic rings.